The number of hydrogen-bond donors (Lipinski definition) is 2. The van der Waals surface area contributed by atoms with E-state index in [0.29, 0.717) is 24.0 Å². The number of carboxylic acids is 1. The highest BCUT2D eigenvalue weighted by Gasteiger charge is 2.38. The lowest BCUT2D eigenvalue weighted by atomic mass is 9.99. The summed E-state index contributed by atoms with van der Waals surface area (Å²) in [5.41, 5.74) is 0.826. The third kappa shape index (κ3) is 6.11. The molecule has 1 atom stereocenters. The molecule has 34 heavy (non-hydrogen) atoms. The smallest absolute Gasteiger partial charge is 0.489 e. The maximum atomic E-state index is 14.8. The molecule has 0 radical (unpaired) electrons. The number of amides is 1. The molecule has 2 aromatic carbocycles. The van der Waals surface area contributed by atoms with Crippen molar-refractivity contribution in [3.8, 4) is 11.5 Å². The number of carbonyl (C=O) groups is 2. The maximum absolute atomic E-state index is 14.8. The van der Waals surface area contributed by atoms with E-state index >= 15 is 0 Å². The second kappa shape index (κ2) is 9.32. The normalized spacial score (nSPS) is 16.6. The van der Waals surface area contributed by atoms with Crippen LogP contribution in [0.2, 0.25) is 5.02 Å². The van der Waals surface area contributed by atoms with Gasteiger partial charge < -0.3 is 19.9 Å². The van der Waals surface area contributed by atoms with Crippen molar-refractivity contribution < 1.29 is 41.7 Å². The van der Waals surface area contributed by atoms with Crippen molar-refractivity contribution in [1.29, 1.82) is 0 Å². The summed E-state index contributed by atoms with van der Waals surface area (Å²) in [6.45, 7) is -0.184. The zero-order chi connectivity index (χ0) is 24.6. The van der Waals surface area contributed by atoms with Crippen LogP contribution in [0, 0.1) is 11.7 Å². The molecule has 11 heteroatoms. The van der Waals surface area contributed by atoms with Crippen LogP contribution in [0.4, 0.5) is 17.6 Å². The van der Waals surface area contributed by atoms with Gasteiger partial charge in [-0.05, 0) is 72.9 Å². The predicted molar refractivity (Wildman–Crippen MR) is 112 cm³/mol. The van der Waals surface area contributed by atoms with Gasteiger partial charge in [-0.2, -0.15) is 0 Å². The Balaban J connectivity index is 1.52. The molecule has 2 N–H and O–H groups in total. The minimum absolute atomic E-state index is 0.00976. The van der Waals surface area contributed by atoms with E-state index in [2.05, 4.69) is 10.1 Å². The van der Waals surface area contributed by atoms with E-state index in [4.69, 9.17) is 16.3 Å². The van der Waals surface area contributed by atoms with Gasteiger partial charge in [-0.3, -0.25) is 4.79 Å². The van der Waals surface area contributed by atoms with Gasteiger partial charge in [0.1, 0.15) is 30.0 Å². The van der Waals surface area contributed by atoms with Crippen LogP contribution >= 0.6 is 11.6 Å². The van der Waals surface area contributed by atoms with E-state index in [-0.39, 0.29) is 34.8 Å². The minimum Gasteiger partial charge on any atom is -0.489 e. The lowest BCUT2D eigenvalue weighted by Crippen LogP contribution is -2.42. The van der Waals surface area contributed by atoms with E-state index in [9.17, 15) is 32.3 Å². The molecule has 0 spiro atoms. The molecular weight excluding hydrogens is 482 g/mol. The largest absolute Gasteiger partial charge is 0.573 e. The van der Waals surface area contributed by atoms with Gasteiger partial charge in [-0.25, -0.2) is 9.18 Å². The molecule has 6 nitrogen and oxygen atoms in total. The Labute approximate surface area is 196 Å². The second-order valence-electron chi connectivity index (χ2n) is 8.39. The number of rotatable bonds is 9. The van der Waals surface area contributed by atoms with Gasteiger partial charge >= 0.3 is 12.3 Å². The number of hydrogen-bond acceptors (Lipinski definition) is 4. The molecule has 0 heterocycles. The number of ether oxygens (including phenoxy) is 2. The number of halogens is 5. The summed E-state index contributed by atoms with van der Waals surface area (Å²) in [6.07, 6.45) is -1.90. The topological polar surface area (TPSA) is 84.9 Å². The molecule has 2 fully saturated rings. The molecule has 0 unspecified atom stereocenters. The minimum atomic E-state index is -4.90. The van der Waals surface area contributed by atoms with Gasteiger partial charge in [0.05, 0.1) is 5.56 Å². The van der Waals surface area contributed by atoms with Crippen LogP contribution in [0.25, 0.3) is 0 Å². The second-order valence-corrected chi connectivity index (χ2v) is 8.83. The Hall–Kier alpha value is -3.01. The monoisotopic (exact) mass is 501 g/mol. The molecule has 0 bridgehead atoms. The van der Waals surface area contributed by atoms with E-state index in [1.165, 1.54) is 12.1 Å². The summed E-state index contributed by atoms with van der Waals surface area (Å²) in [7, 11) is 0. The summed E-state index contributed by atoms with van der Waals surface area (Å²) in [6, 6.07) is 4.74. The Morgan fingerprint density at radius 2 is 1.76 bits per heavy atom. The summed E-state index contributed by atoms with van der Waals surface area (Å²) in [5, 5.41) is 11.7. The van der Waals surface area contributed by atoms with Crippen molar-refractivity contribution in [2.75, 3.05) is 0 Å². The Bertz CT molecular complexity index is 1120. The molecule has 0 aromatic heterocycles. The molecule has 1 amide bonds. The molecular formula is C23H20ClF4NO5. The summed E-state index contributed by atoms with van der Waals surface area (Å²) in [5.74, 6) is -3.48. The molecule has 2 saturated carbocycles. The van der Waals surface area contributed by atoms with Gasteiger partial charge in [-0.15, -0.1) is 13.2 Å². The average molecular weight is 502 g/mol. The molecule has 2 aliphatic carbocycles. The summed E-state index contributed by atoms with van der Waals surface area (Å²) < 4.78 is 61.8. The van der Waals surface area contributed by atoms with E-state index < -0.39 is 35.8 Å². The Morgan fingerprint density at radius 1 is 1.09 bits per heavy atom. The number of benzene rings is 2. The van der Waals surface area contributed by atoms with Crippen molar-refractivity contribution in [3.63, 3.8) is 0 Å². The van der Waals surface area contributed by atoms with Crippen LogP contribution in [-0.4, -0.2) is 29.4 Å². The molecule has 2 aliphatic rings. The van der Waals surface area contributed by atoms with Gasteiger partial charge in [-0.1, -0.05) is 11.6 Å². The van der Waals surface area contributed by atoms with Crippen LogP contribution in [0.5, 0.6) is 11.5 Å². The number of carbonyl (C=O) groups excluding carboxylic acids is 1. The van der Waals surface area contributed by atoms with E-state index in [1.807, 2.05) is 0 Å². The highest BCUT2D eigenvalue weighted by Crippen LogP contribution is 2.43. The fourth-order valence-electron chi connectivity index (χ4n) is 3.71. The van der Waals surface area contributed by atoms with Gasteiger partial charge in [0.15, 0.2) is 0 Å². The van der Waals surface area contributed by atoms with Crippen molar-refractivity contribution in [1.82, 2.24) is 5.32 Å². The maximum Gasteiger partial charge on any atom is 0.573 e. The first kappa shape index (κ1) is 24.1. The third-order valence-electron chi connectivity index (χ3n) is 5.61. The zero-order valence-corrected chi connectivity index (χ0v) is 18.4. The molecule has 2 aromatic rings. The van der Waals surface area contributed by atoms with E-state index in [0.717, 1.165) is 31.0 Å². The fourth-order valence-corrected chi connectivity index (χ4v) is 3.92. The highest BCUT2D eigenvalue weighted by molar-refractivity contribution is 6.30. The highest BCUT2D eigenvalue weighted by atomic mass is 35.5. The van der Waals surface area contributed by atoms with Crippen molar-refractivity contribution in [2.45, 2.75) is 50.6 Å². The van der Waals surface area contributed by atoms with Crippen LogP contribution < -0.4 is 14.8 Å². The lowest BCUT2D eigenvalue weighted by Gasteiger charge is -2.17. The van der Waals surface area contributed by atoms with Crippen molar-refractivity contribution in [3.05, 3.63) is 57.9 Å². The molecule has 0 saturated heterocycles. The number of alkyl halides is 3. The molecule has 182 valence electrons. The Morgan fingerprint density at radius 3 is 2.35 bits per heavy atom. The molecule has 0 aliphatic heterocycles. The number of carboxylic acid groups (broad SMARTS) is 1. The first-order valence-electron chi connectivity index (χ1n) is 10.6. The van der Waals surface area contributed by atoms with Crippen LogP contribution in [-0.2, 0) is 11.4 Å². The fraction of sp³-hybridized carbons (Fsp3) is 0.391. The SMILES string of the molecule is O=C(N[C@H](C(=O)O)C1CC1)c1cc(C2CC2)c(COc2cc(Cl)cc(OC(F)(F)F)c2)cc1F. The quantitative estimate of drug-likeness (QED) is 0.448. The van der Waals surface area contributed by atoms with Crippen molar-refractivity contribution in [2.24, 2.45) is 5.92 Å². The average Bonchev–Trinajstić information content (AvgIpc) is 3.61. The first-order valence-corrected chi connectivity index (χ1v) is 10.9. The number of aliphatic carboxylic acids is 1. The lowest BCUT2D eigenvalue weighted by molar-refractivity contribution is -0.274. The van der Waals surface area contributed by atoms with Gasteiger partial charge in [0.2, 0.25) is 0 Å². The van der Waals surface area contributed by atoms with E-state index in [1.54, 1.807) is 0 Å². The standard InChI is InChI=1S/C23H20ClF4NO5/c24-14-6-15(8-16(7-14)34-23(26,27)28)33-10-13-5-19(25)18(9-17(13)11-1-2-11)21(30)29-20(22(31)32)12-3-4-12/h5-9,11-12,20H,1-4,10H2,(H,29,30)(H,31,32)/t20-/m0/s1. The Kier molecular flexibility index (Phi) is 6.62. The van der Waals surface area contributed by atoms with Gasteiger partial charge in [0, 0.05) is 11.1 Å². The summed E-state index contributed by atoms with van der Waals surface area (Å²) in [4.78, 5) is 24.0. The number of nitrogens with one attached hydrogen (secondary N) is 1. The summed E-state index contributed by atoms with van der Waals surface area (Å²) >= 11 is 5.85. The van der Waals surface area contributed by atoms with Crippen LogP contribution in [0.3, 0.4) is 0 Å². The predicted octanol–water partition coefficient (Wildman–Crippen LogP) is 5.43. The molecule has 4 rings (SSSR count). The zero-order valence-electron chi connectivity index (χ0n) is 17.6. The third-order valence-corrected chi connectivity index (χ3v) is 5.83. The first-order chi connectivity index (χ1) is 16.0. The van der Waals surface area contributed by atoms with Crippen LogP contribution in [0.1, 0.15) is 53.1 Å². The van der Waals surface area contributed by atoms with Gasteiger partial charge in [0.25, 0.3) is 5.91 Å². The van der Waals surface area contributed by atoms with Crippen LogP contribution in [0.15, 0.2) is 30.3 Å². The van der Waals surface area contributed by atoms with Crippen molar-refractivity contribution >= 4 is 23.5 Å².